The quantitative estimate of drug-likeness (QED) is 0.765. The summed E-state index contributed by atoms with van der Waals surface area (Å²) in [6, 6.07) is 7.09. The van der Waals surface area contributed by atoms with Crippen LogP contribution in [-0.4, -0.2) is 63.0 Å². The van der Waals surface area contributed by atoms with Gasteiger partial charge in [0.1, 0.15) is 18.5 Å². The van der Waals surface area contributed by atoms with Crippen LogP contribution in [0.2, 0.25) is 0 Å². The van der Waals surface area contributed by atoms with Gasteiger partial charge in [0.05, 0.1) is 13.1 Å². The maximum absolute atomic E-state index is 13.4. The zero-order valence-electron chi connectivity index (χ0n) is 16.8. The molecule has 4 rings (SSSR count). The number of carbonyl (C=O) groups excluding carboxylic acids is 2. The monoisotopic (exact) mass is 398 g/mol. The summed E-state index contributed by atoms with van der Waals surface area (Å²) in [6.45, 7) is 3.22. The number of nitrogens with zero attached hydrogens (tertiary/aromatic N) is 4. The van der Waals surface area contributed by atoms with Gasteiger partial charge in [-0.25, -0.2) is 4.98 Å². The van der Waals surface area contributed by atoms with E-state index in [0.717, 1.165) is 12.2 Å². The van der Waals surface area contributed by atoms with Crippen molar-refractivity contribution in [2.45, 2.75) is 38.5 Å². The Kier molecular flexibility index (Phi) is 5.42. The first kappa shape index (κ1) is 19.3. The Hall–Kier alpha value is -3.03. The summed E-state index contributed by atoms with van der Waals surface area (Å²) in [7, 11) is 1.90. The third kappa shape index (κ3) is 4.06. The van der Waals surface area contributed by atoms with E-state index in [-0.39, 0.29) is 17.9 Å². The first-order valence-corrected chi connectivity index (χ1v) is 9.93. The summed E-state index contributed by atoms with van der Waals surface area (Å²) in [4.78, 5) is 33.2. The second-order valence-corrected chi connectivity index (χ2v) is 7.54. The minimum Gasteiger partial charge on any atom is -0.486 e. The minimum absolute atomic E-state index is 0.0658. The van der Waals surface area contributed by atoms with Gasteiger partial charge in [-0.3, -0.25) is 9.59 Å². The van der Waals surface area contributed by atoms with Crippen molar-refractivity contribution in [3.63, 3.8) is 0 Å². The Balaban J connectivity index is 1.53. The number of rotatable bonds is 5. The van der Waals surface area contributed by atoms with E-state index in [1.165, 1.54) is 6.92 Å². The molecule has 2 aromatic rings. The second kappa shape index (κ2) is 8.14. The molecule has 0 saturated carbocycles. The molecule has 0 N–H and O–H groups in total. The van der Waals surface area contributed by atoms with Crippen LogP contribution in [0.1, 0.15) is 25.6 Å². The van der Waals surface area contributed by atoms with Crippen molar-refractivity contribution >= 4 is 11.8 Å². The third-order valence-corrected chi connectivity index (χ3v) is 5.50. The molecule has 2 unspecified atom stereocenters. The fraction of sp³-hybridized carbons (Fsp3) is 0.476. The molecule has 2 aliphatic heterocycles. The largest absolute Gasteiger partial charge is 0.486 e. The third-order valence-electron chi connectivity index (χ3n) is 5.50. The molecule has 0 radical (unpaired) electrons. The van der Waals surface area contributed by atoms with Gasteiger partial charge in [-0.2, -0.15) is 0 Å². The van der Waals surface area contributed by atoms with Crippen LogP contribution >= 0.6 is 0 Å². The van der Waals surface area contributed by atoms with E-state index in [0.29, 0.717) is 44.2 Å². The van der Waals surface area contributed by atoms with Crippen molar-refractivity contribution in [2.24, 2.45) is 7.05 Å². The number of aryl methyl sites for hydroxylation is 1. The Morgan fingerprint density at radius 2 is 2.07 bits per heavy atom. The predicted molar refractivity (Wildman–Crippen MR) is 105 cm³/mol. The van der Waals surface area contributed by atoms with Crippen LogP contribution in [0.3, 0.4) is 0 Å². The van der Waals surface area contributed by atoms with E-state index in [9.17, 15) is 9.59 Å². The molecule has 29 heavy (non-hydrogen) atoms. The lowest BCUT2D eigenvalue weighted by atomic mass is 10.1. The number of carbonyl (C=O) groups is 2. The van der Waals surface area contributed by atoms with E-state index in [1.807, 2.05) is 42.1 Å². The lowest BCUT2D eigenvalue weighted by Crippen LogP contribution is -2.51. The molecule has 2 amide bonds. The molecule has 3 heterocycles. The van der Waals surface area contributed by atoms with Crippen molar-refractivity contribution in [1.29, 1.82) is 0 Å². The average molecular weight is 398 g/mol. The van der Waals surface area contributed by atoms with E-state index in [1.54, 1.807) is 16.0 Å². The maximum Gasteiger partial charge on any atom is 0.245 e. The maximum atomic E-state index is 13.4. The van der Waals surface area contributed by atoms with Crippen molar-refractivity contribution in [3.8, 4) is 11.5 Å². The molecular formula is C21H26N4O4. The highest BCUT2D eigenvalue weighted by atomic mass is 16.6. The molecule has 0 spiro atoms. The van der Waals surface area contributed by atoms with E-state index in [2.05, 4.69) is 4.98 Å². The molecule has 1 saturated heterocycles. The van der Waals surface area contributed by atoms with Crippen LogP contribution in [0.4, 0.5) is 0 Å². The zero-order chi connectivity index (χ0) is 20.4. The van der Waals surface area contributed by atoms with Crippen LogP contribution in [-0.2, 0) is 23.2 Å². The van der Waals surface area contributed by atoms with Crippen LogP contribution in [0, 0.1) is 0 Å². The summed E-state index contributed by atoms with van der Waals surface area (Å²) >= 11 is 0. The van der Waals surface area contributed by atoms with Gasteiger partial charge in [-0.05, 0) is 25.0 Å². The highest BCUT2D eigenvalue weighted by Crippen LogP contribution is 2.31. The molecule has 0 aliphatic carbocycles. The highest BCUT2D eigenvalue weighted by molar-refractivity contribution is 5.87. The normalized spacial score (nSPS) is 20.6. The number of likely N-dealkylation sites (tertiary alicyclic amines) is 1. The van der Waals surface area contributed by atoms with E-state index in [4.69, 9.17) is 9.47 Å². The van der Waals surface area contributed by atoms with Crippen molar-refractivity contribution in [3.05, 3.63) is 42.5 Å². The lowest BCUT2D eigenvalue weighted by molar-refractivity contribution is -0.144. The first-order valence-electron chi connectivity index (χ1n) is 9.93. The van der Waals surface area contributed by atoms with Gasteiger partial charge in [0.2, 0.25) is 11.8 Å². The first-order chi connectivity index (χ1) is 14.0. The standard InChI is InChI=1S/C21H26N4O4/c1-15(26)25-10-5-6-17(25)21(27)24(13-20-22-9-11-23(20)2)12-16-14-28-18-7-3-4-8-19(18)29-16/h3-4,7-9,11,16-17H,5-6,10,12-14H2,1-2H3. The summed E-state index contributed by atoms with van der Waals surface area (Å²) < 4.78 is 13.8. The van der Waals surface area contributed by atoms with Gasteiger partial charge >= 0.3 is 0 Å². The molecule has 1 aromatic carbocycles. The molecule has 154 valence electrons. The number of amides is 2. The summed E-state index contributed by atoms with van der Waals surface area (Å²) in [5, 5.41) is 0. The molecule has 1 fully saturated rings. The Labute approximate surface area is 170 Å². The number of ether oxygens (including phenoxy) is 2. The fourth-order valence-electron chi connectivity index (χ4n) is 3.96. The number of hydrogen-bond donors (Lipinski definition) is 0. The van der Waals surface area contributed by atoms with Crippen LogP contribution in [0.5, 0.6) is 11.5 Å². The Morgan fingerprint density at radius 1 is 1.28 bits per heavy atom. The number of imidazole rings is 1. The van der Waals surface area contributed by atoms with Gasteiger partial charge in [0.15, 0.2) is 17.6 Å². The number of hydrogen-bond acceptors (Lipinski definition) is 5. The molecule has 0 bridgehead atoms. The van der Waals surface area contributed by atoms with Gasteiger partial charge in [-0.15, -0.1) is 0 Å². The second-order valence-electron chi connectivity index (χ2n) is 7.54. The van der Waals surface area contributed by atoms with Crippen LogP contribution in [0.25, 0.3) is 0 Å². The number of benzene rings is 1. The zero-order valence-corrected chi connectivity index (χ0v) is 16.8. The summed E-state index contributed by atoms with van der Waals surface area (Å²) in [5.41, 5.74) is 0. The fourth-order valence-corrected chi connectivity index (χ4v) is 3.96. The van der Waals surface area contributed by atoms with Crippen LogP contribution in [0.15, 0.2) is 36.7 Å². The topological polar surface area (TPSA) is 76.9 Å². The summed E-state index contributed by atoms with van der Waals surface area (Å²) in [5.74, 6) is 2.04. The Bertz CT molecular complexity index is 896. The average Bonchev–Trinajstić information content (AvgIpc) is 3.36. The minimum atomic E-state index is -0.426. The lowest BCUT2D eigenvalue weighted by Gasteiger charge is -2.34. The van der Waals surface area contributed by atoms with Gasteiger partial charge in [0.25, 0.3) is 0 Å². The van der Waals surface area contributed by atoms with E-state index < -0.39 is 6.04 Å². The van der Waals surface area contributed by atoms with Crippen LogP contribution < -0.4 is 9.47 Å². The van der Waals surface area contributed by atoms with Crippen molar-refractivity contribution in [2.75, 3.05) is 19.7 Å². The molecule has 2 aliphatic rings. The smallest absolute Gasteiger partial charge is 0.245 e. The number of para-hydroxylation sites is 2. The molecule has 1 aromatic heterocycles. The Morgan fingerprint density at radius 3 is 2.79 bits per heavy atom. The van der Waals surface area contributed by atoms with E-state index >= 15 is 0 Å². The van der Waals surface area contributed by atoms with Gasteiger partial charge in [-0.1, -0.05) is 12.1 Å². The molecule has 8 heteroatoms. The molecular weight excluding hydrogens is 372 g/mol. The van der Waals surface area contributed by atoms with Gasteiger partial charge in [0, 0.05) is 32.9 Å². The summed E-state index contributed by atoms with van der Waals surface area (Å²) in [6.07, 6.45) is 4.79. The molecule has 2 atom stereocenters. The van der Waals surface area contributed by atoms with Crippen molar-refractivity contribution < 1.29 is 19.1 Å². The number of aromatic nitrogens is 2. The number of fused-ring (bicyclic) bond motifs is 1. The SMILES string of the molecule is CC(=O)N1CCCC1C(=O)N(Cc1nccn1C)CC1COc2ccccc2O1. The molecule has 8 nitrogen and oxygen atoms in total. The van der Waals surface area contributed by atoms with Gasteiger partial charge < -0.3 is 23.8 Å². The highest BCUT2D eigenvalue weighted by Gasteiger charge is 2.37. The van der Waals surface area contributed by atoms with Crippen molar-refractivity contribution in [1.82, 2.24) is 19.4 Å². The predicted octanol–water partition coefficient (Wildman–Crippen LogP) is 1.60.